The van der Waals surface area contributed by atoms with E-state index in [0.717, 1.165) is 30.3 Å². The second-order valence-electron chi connectivity index (χ2n) is 4.77. The number of alkyl halides is 1. The maximum atomic E-state index is 12.0. The normalized spacial score (nSPS) is 13.0. The molecule has 0 fully saturated rings. The van der Waals surface area contributed by atoms with Crippen molar-refractivity contribution in [1.82, 2.24) is 9.13 Å². The van der Waals surface area contributed by atoms with Crippen LogP contribution in [-0.4, -0.2) is 9.13 Å². The van der Waals surface area contributed by atoms with Crippen LogP contribution in [0.5, 0.6) is 0 Å². The van der Waals surface area contributed by atoms with Crippen LogP contribution in [0, 0.1) is 0 Å². The van der Waals surface area contributed by atoms with Gasteiger partial charge in [0.25, 0.3) is 0 Å². The van der Waals surface area contributed by atoms with E-state index < -0.39 is 0 Å². The average Bonchev–Trinajstić information content (AvgIpc) is 2.97. The third kappa shape index (κ3) is 2.52. The van der Waals surface area contributed by atoms with Crippen LogP contribution in [0.2, 0.25) is 4.34 Å². The van der Waals surface area contributed by atoms with E-state index in [0.29, 0.717) is 0 Å². The van der Waals surface area contributed by atoms with Crippen LogP contribution in [0.25, 0.3) is 11.0 Å². The summed E-state index contributed by atoms with van der Waals surface area (Å²) in [6.45, 7) is 0. The number of hydrogen-bond acceptors (Lipinski definition) is 2. The van der Waals surface area contributed by atoms with Gasteiger partial charge in [0.15, 0.2) is 0 Å². The van der Waals surface area contributed by atoms with Gasteiger partial charge in [0.1, 0.15) is 0 Å². The SMILES string of the molecule is Cn1c(=O)n(C)c2cc(C(Br)c3ccc(Cl)s3)c(Br)cc21. The van der Waals surface area contributed by atoms with E-state index in [1.807, 2.05) is 24.3 Å². The highest BCUT2D eigenvalue weighted by molar-refractivity contribution is 9.11. The quantitative estimate of drug-likeness (QED) is 0.514. The molecule has 2 aromatic heterocycles. The molecule has 0 saturated carbocycles. The summed E-state index contributed by atoms with van der Waals surface area (Å²) in [6.07, 6.45) is 0. The van der Waals surface area contributed by atoms with Gasteiger partial charge < -0.3 is 0 Å². The molecular formula is C14H11Br2ClN2OS. The van der Waals surface area contributed by atoms with Gasteiger partial charge in [-0.15, -0.1) is 11.3 Å². The number of halogens is 3. The van der Waals surface area contributed by atoms with Gasteiger partial charge in [-0.2, -0.15) is 0 Å². The Kier molecular flexibility index (Phi) is 4.07. The predicted molar refractivity (Wildman–Crippen MR) is 96.0 cm³/mol. The molecule has 0 radical (unpaired) electrons. The van der Waals surface area contributed by atoms with E-state index in [2.05, 4.69) is 31.9 Å². The molecule has 2 heterocycles. The summed E-state index contributed by atoms with van der Waals surface area (Å²) < 4.78 is 5.03. The minimum absolute atomic E-state index is 0.0284. The van der Waals surface area contributed by atoms with E-state index in [4.69, 9.17) is 11.6 Å². The zero-order valence-electron chi connectivity index (χ0n) is 11.2. The van der Waals surface area contributed by atoms with E-state index in [-0.39, 0.29) is 10.5 Å². The van der Waals surface area contributed by atoms with Crippen LogP contribution < -0.4 is 5.69 Å². The molecule has 0 amide bonds. The van der Waals surface area contributed by atoms with E-state index in [9.17, 15) is 4.79 Å². The topological polar surface area (TPSA) is 26.9 Å². The lowest BCUT2D eigenvalue weighted by atomic mass is 10.1. The van der Waals surface area contributed by atoms with Gasteiger partial charge in [-0.05, 0) is 29.8 Å². The smallest absolute Gasteiger partial charge is 0.295 e. The molecule has 3 nitrogen and oxygen atoms in total. The van der Waals surface area contributed by atoms with Crippen LogP contribution in [-0.2, 0) is 14.1 Å². The third-order valence-corrected chi connectivity index (χ3v) is 6.78. The molecule has 0 saturated heterocycles. The van der Waals surface area contributed by atoms with Crippen molar-refractivity contribution in [1.29, 1.82) is 0 Å². The maximum Gasteiger partial charge on any atom is 0.328 e. The zero-order chi connectivity index (χ0) is 15.3. The largest absolute Gasteiger partial charge is 0.328 e. The highest BCUT2D eigenvalue weighted by Gasteiger charge is 2.19. The molecule has 110 valence electrons. The van der Waals surface area contributed by atoms with Crippen molar-refractivity contribution in [2.75, 3.05) is 0 Å². The first-order valence-electron chi connectivity index (χ1n) is 6.14. The number of nitrogens with zero attached hydrogens (tertiary/aromatic N) is 2. The summed E-state index contributed by atoms with van der Waals surface area (Å²) in [4.78, 5) is 13.2. The van der Waals surface area contributed by atoms with Gasteiger partial charge in [-0.25, -0.2) is 4.79 Å². The number of rotatable bonds is 2. The highest BCUT2D eigenvalue weighted by Crippen LogP contribution is 2.40. The van der Waals surface area contributed by atoms with Crippen molar-refractivity contribution in [3.8, 4) is 0 Å². The van der Waals surface area contributed by atoms with Crippen molar-refractivity contribution in [2.45, 2.75) is 4.83 Å². The number of aromatic nitrogens is 2. The first-order chi connectivity index (χ1) is 9.90. The fraction of sp³-hybridized carbons (Fsp3) is 0.214. The standard InChI is InChI=1S/C14H11Br2ClN2OS/c1-18-9-5-7(13(16)11-3-4-12(17)21-11)8(15)6-10(9)19(2)14(18)20/h3-6,13H,1-2H3. The average molecular weight is 451 g/mol. The number of thiophene rings is 1. The highest BCUT2D eigenvalue weighted by atomic mass is 79.9. The fourth-order valence-corrected chi connectivity index (χ4v) is 5.09. The summed E-state index contributed by atoms with van der Waals surface area (Å²) in [5.74, 6) is 0. The Morgan fingerprint density at radius 2 is 1.81 bits per heavy atom. The van der Waals surface area contributed by atoms with Crippen LogP contribution in [0.3, 0.4) is 0 Å². The maximum absolute atomic E-state index is 12.0. The van der Waals surface area contributed by atoms with Crippen LogP contribution >= 0.6 is 54.8 Å². The molecule has 1 unspecified atom stereocenters. The number of aryl methyl sites for hydroxylation is 2. The Hall–Kier alpha value is -0.560. The minimum atomic E-state index is -0.0284. The molecule has 3 rings (SSSR count). The minimum Gasteiger partial charge on any atom is -0.295 e. The molecule has 1 aromatic carbocycles. The zero-order valence-corrected chi connectivity index (χ0v) is 16.0. The van der Waals surface area contributed by atoms with Gasteiger partial charge >= 0.3 is 5.69 Å². The van der Waals surface area contributed by atoms with Crippen molar-refractivity contribution in [3.63, 3.8) is 0 Å². The molecule has 0 N–H and O–H groups in total. The third-order valence-electron chi connectivity index (χ3n) is 3.51. The molecule has 0 aliphatic carbocycles. The number of imidazole rings is 1. The Morgan fingerprint density at radius 3 is 2.38 bits per heavy atom. The van der Waals surface area contributed by atoms with E-state index in [1.54, 1.807) is 34.6 Å². The summed E-state index contributed by atoms with van der Waals surface area (Å²) >= 11 is 14.9. The Bertz CT molecular complexity index is 896. The molecule has 0 aliphatic rings. The molecule has 7 heteroatoms. The van der Waals surface area contributed by atoms with Crippen molar-refractivity contribution >= 4 is 65.8 Å². The van der Waals surface area contributed by atoms with Crippen LogP contribution in [0.15, 0.2) is 33.5 Å². The van der Waals surface area contributed by atoms with Crippen LogP contribution in [0.1, 0.15) is 15.3 Å². The molecular weight excluding hydrogens is 439 g/mol. The lowest BCUT2D eigenvalue weighted by Gasteiger charge is -2.11. The second kappa shape index (κ2) is 5.57. The summed E-state index contributed by atoms with van der Waals surface area (Å²) in [5, 5.41) is 0. The molecule has 0 aliphatic heterocycles. The lowest BCUT2D eigenvalue weighted by molar-refractivity contribution is 0.795. The Balaban J connectivity index is 2.21. The Morgan fingerprint density at radius 1 is 1.19 bits per heavy atom. The predicted octanol–water partition coefficient (Wildman–Crippen LogP) is 4.84. The number of benzene rings is 1. The number of hydrogen-bond donors (Lipinski definition) is 0. The van der Waals surface area contributed by atoms with Crippen molar-refractivity contribution in [2.24, 2.45) is 14.1 Å². The molecule has 1 atom stereocenters. The van der Waals surface area contributed by atoms with Crippen molar-refractivity contribution < 1.29 is 0 Å². The van der Waals surface area contributed by atoms with Gasteiger partial charge in [-0.1, -0.05) is 43.5 Å². The molecule has 0 bridgehead atoms. The van der Waals surface area contributed by atoms with Gasteiger partial charge in [-0.3, -0.25) is 9.13 Å². The monoisotopic (exact) mass is 448 g/mol. The Labute approximate surface area is 147 Å². The lowest BCUT2D eigenvalue weighted by Crippen LogP contribution is -2.19. The first-order valence-corrected chi connectivity index (χ1v) is 9.04. The van der Waals surface area contributed by atoms with Crippen LogP contribution in [0.4, 0.5) is 0 Å². The molecule has 21 heavy (non-hydrogen) atoms. The fourth-order valence-electron chi connectivity index (χ4n) is 2.35. The first kappa shape index (κ1) is 15.3. The van der Waals surface area contributed by atoms with Gasteiger partial charge in [0.05, 0.1) is 20.2 Å². The molecule has 0 spiro atoms. The summed E-state index contributed by atoms with van der Waals surface area (Å²) in [5.41, 5.74) is 2.86. The summed E-state index contributed by atoms with van der Waals surface area (Å²) in [7, 11) is 3.56. The molecule has 3 aromatic rings. The second-order valence-corrected chi connectivity index (χ2v) is 8.28. The van der Waals surface area contributed by atoms with E-state index in [1.165, 1.54) is 0 Å². The van der Waals surface area contributed by atoms with E-state index >= 15 is 0 Å². The van der Waals surface area contributed by atoms with Crippen molar-refractivity contribution in [3.05, 3.63) is 54.0 Å². The summed E-state index contributed by atoms with van der Waals surface area (Å²) in [6, 6.07) is 7.91. The van der Waals surface area contributed by atoms with Gasteiger partial charge in [0, 0.05) is 23.4 Å². The number of fused-ring (bicyclic) bond motifs is 1. The van der Waals surface area contributed by atoms with Gasteiger partial charge in [0.2, 0.25) is 0 Å².